The van der Waals surface area contributed by atoms with Crippen LogP contribution in [-0.2, 0) is 19.1 Å². The van der Waals surface area contributed by atoms with Crippen LogP contribution < -0.4 is 0 Å². The molecule has 0 aromatic carbocycles. The van der Waals surface area contributed by atoms with E-state index in [0.717, 1.165) is 31.1 Å². The van der Waals surface area contributed by atoms with Gasteiger partial charge >= 0.3 is 0 Å². The smallest absolute Gasteiger partial charge is 0.155 e. The van der Waals surface area contributed by atoms with Crippen molar-refractivity contribution in [1.29, 1.82) is 0 Å². The summed E-state index contributed by atoms with van der Waals surface area (Å²) in [5, 5.41) is 11.8. The van der Waals surface area contributed by atoms with E-state index in [1.165, 1.54) is 6.08 Å². The average molecular weight is 415 g/mol. The molecule has 5 heteroatoms. The number of hydrogen-bond donors (Lipinski definition) is 1. The minimum absolute atomic E-state index is 0.0148. The fourth-order valence-corrected chi connectivity index (χ4v) is 5.97. The first kappa shape index (κ1) is 22.7. The van der Waals surface area contributed by atoms with Crippen molar-refractivity contribution in [2.24, 2.45) is 16.7 Å². The topological polar surface area (TPSA) is 72.8 Å². The van der Waals surface area contributed by atoms with Crippen molar-refractivity contribution in [1.82, 2.24) is 0 Å². The Morgan fingerprint density at radius 2 is 2.00 bits per heavy atom. The van der Waals surface area contributed by atoms with Gasteiger partial charge in [0, 0.05) is 17.8 Å². The third-order valence-corrected chi connectivity index (χ3v) is 7.36. The molecule has 5 atom stereocenters. The van der Waals surface area contributed by atoms with Crippen molar-refractivity contribution in [3.8, 4) is 0 Å². The van der Waals surface area contributed by atoms with Crippen LogP contribution in [0.1, 0.15) is 53.4 Å². The van der Waals surface area contributed by atoms with E-state index in [2.05, 4.69) is 27.4 Å². The van der Waals surface area contributed by atoms with Gasteiger partial charge < -0.3 is 19.4 Å². The highest BCUT2D eigenvalue weighted by molar-refractivity contribution is 5.89. The van der Waals surface area contributed by atoms with E-state index in [4.69, 9.17) is 9.47 Å². The first-order valence-electron chi connectivity index (χ1n) is 10.8. The molecule has 1 aliphatic heterocycles. The molecule has 0 radical (unpaired) electrons. The second-order valence-corrected chi connectivity index (χ2v) is 9.65. The van der Waals surface area contributed by atoms with Gasteiger partial charge in [-0.3, -0.25) is 4.79 Å². The molecule has 0 amide bonds. The van der Waals surface area contributed by atoms with Gasteiger partial charge in [0.2, 0.25) is 0 Å². The molecule has 0 spiro atoms. The normalized spacial score (nSPS) is 37.5. The summed E-state index contributed by atoms with van der Waals surface area (Å²) in [6.45, 7) is 12.6. The van der Waals surface area contributed by atoms with E-state index in [1.807, 2.05) is 13.0 Å². The van der Waals surface area contributed by atoms with E-state index in [9.17, 15) is 14.7 Å². The van der Waals surface area contributed by atoms with E-state index in [1.54, 1.807) is 18.2 Å². The Labute approximate surface area is 179 Å². The van der Waals surface area contributed by atoms with Gasteiger partial charge in [-0.1, -0.05) is 52.8 Å². The quantitative estimate of drug-likeness (QED) is 0.223. The largest absolute Gasteiger partial charge is 0.487 e. The summed E-state index contributed by atoms with van der Waals surface area (Å²) in [4.78, 5) is 23.1. The van der Waals surface area contributed by atoms with Crippen molar-refractivity contribution < 1.29 is 24.2 Å². The summed E-state index contributed by atoms with van der Waals surface area (Å²) in [5.41, 5.74) is -1.23. The summed E-state index contributed by atoms with van der Waals surface area (Å²) >= 11 is 0. The molecule has 1 saturated heterocycles. The van der Waals surface area contributed by atoms with Gasteiger partial charge in [0.15, 0.2) is 12.1 Å². The number of aliphatic hydroxyl groups is 1. The number of ether oxygens (including phenoxy) is 2. The van der Waals surface area contributed by atoms with Crippen LogP contribution in [0.15, 0.2) is 48.3 Å². The van der Waals surface area contributed by atoms with Crippen molar-refractivity contribution in [3.05, 3.63) is 48.3 Å². The Hall–Kier alpha value is -1.98. The SMILES string of the molecule is C=C(/C=C/C=C/C(=O)CC)O[C@@H]1C=C2CO[C@@H](C=O)[C@]2(O)[C@@]2(C)CCCC(C)(C)C12. The number of carbonyl (C=O) groups excluding carboxylic acids is 2. The van der Waals surface area contributed by atoms with Gasteiger partial charge in [0.1, 0.15) is 23.6 Å². The van der Waals surface area contributed by atoms with Gasteiger partial charge in [-0.2, -0.15) is 0 Å². The van der Waals surface area contributed by atoms with Gasteiger partial charge in [-0.15, -0.1) is 0 Å². The Balaban J connectivity index is 1.92. The van der Waals surface area contributed by atoms with Crippen molar-refractivity contribution >= 4 is 12.1 Å². The highest BCUT2D eigenvalue weighted by Gasteiger charge is 2.68. The molecule has 0 bridgehead atoms. The van der Waals surface area contributed by atoms with Crippen molar-refractivity contribution in [3.63, 3.8) is 0 Å². The molecule has 0 aromatic heterocycles. The number of fused-ring (bicyclic) bond motifs is 3. The average Bonchev–Trinajstić information content (AvgIpc) is 3.01. The lowest BCUT2D eigenvalue weighted by Crippen LogP contribution is -2.66. The summed E-state index contributed by atoms with van der Waals surface area (Å²) in [6.07, 6.45) is 11.5. The molecule has 5 nitrogen and oxygen atoms in total. The molecule has 1 heterocycles. The second-order valence-electron chi connectivity index (χ2n) is 9.65. The van der Waals surface area contributed by atoms with Crippen LogP contribution in [0.25, 0.3) is 0 Å². The number of aldehydes is 1. The lowest BCUT2D eigenvalue weighted by atomic mass is 9.45. The third-order valence-electron chi connectivity index (χ3n) is 7.36. The molecule has 2 fully saturated rings. The predicted molar refractivity (Wildman–Crippen MR) is 116 cm³/mol. The molecule has 1 N–H and O–H groups in total. The van der Waals surface area contributed by atoms with E-state index in [0.29, 0.717) is 12.2 Å². The standard InChI is InChI=1S/C25H34O5/c1-6-19(27)11-8-7-10-17(2)30-20-14-18-16-29-21(15-26)25(18,28)24(5)13-9-12-23(3,4)22(20)24/h7-8,10-11,14-15,20-22,28H,2,6,9,12-13,16H2,1,3-5H3/b10-7+,11-8+/t20-,21+,22?,24+,25+/m1/s1. The van der Waals surface area contributed by atoms with Crippen LogP contribution >= 0.6 is 0 Å². The number of ketones is 1. The molecular weight excluding hydrogens is 380 g/mol. The Morgan fingerprint density at radius 3 is 2.67 bits per heavy atom. The molecule has 164 valence electrons. The Kier molecular flexibility index (Phi) is 6.26. The van der Waals surface area contributed by atoms with Crippen LogP contribution in [0.5, 0.6) is 0 Å². The molecule has 0 aromatic rings. The fourth-order valence-electron chi connectivity index (χ4n) is 5.97. The van der Waals surface area contributed by atoms with Gasteiger partial charge in [0.05, 0.1) is 6.61 Å². The second kappa shape index (κ2) is 8.27. The van der Waals surface area contributed by atoms with Crippen LogP contribution in [0.4, 0.5) is 0 Å². The summed E-state index contributed by atoms with van der Waals surface area (Å²) in [7, 11) is 0. The molecule has 3 rings (SSSR count). The van der Waals surface area contributed by atoms with E-state index < -0.39 is 17.1 Å². The molecule has 3 aliphatic rings. The van der Waals surface area contributed by atoms with Crippen LogP contribution in [0, 0.1) is 16.7 Å². The van der Waals surface area contributed by atoms with Gasteiger partial charge in [-0.25, -0.2) is 0 Å². The predicted octanol–water partition coefficient (Wildman–Crippen LogP) is 4.08. The lowest BCUT2D eigenvalue weighted by molar-refractivity contribution is -0.192. The maximum absolute atomic E-state index is 11.8. The maximum Gasteiger partial charge on any atom is 0.155 e. The Bertz CT molecular complexity index is 804. The molecule has 30 heavy (non-hydrogen) atoms. The number of rotatable bonds is 7. The first-order chi connectivity index (χ1) is 14.1. The minimum atomic E-state index is -1.31. The van der Waals surface area contributed by atoms with E-state index >= 15 is 0 Å². The molecule has 1 saturated carbocycles. The zero-order valence-corrected chi connectivity index (χ0v) is 18.5. The lowest BCUT2D eigenvalue weighted by Gasteiger charge is -2.61. The highest BCUT2D eigenvalue weighted by atomic mass is 16.5. The Morgan fingerprint density at radius 1 is 1.30 bits per heavy atom. The van der Waals surface area contributed by atoms with Crippen molar-refractivity contribution in [2.45, 2.75) is 71.2 Å². The minimum Gasteiger partial charge on any atom is -0.487 e. The zero-order chi connectivity index (χ0) is 22.2. The zero-order valence-electron chi connectivity index (χ0n) is 18.5. The number of allylic oxidation sites excluding steroid dienone is 4. The fraction of sp³-hybridized carbons (Fsp3) is 0.600. The molecular formula is C25H34O5. The van der Waals surface area contributed by atoms with Crippen LogP contribution in [0.3, 0.4) is 0 Å². The number of hydrogen-bond acceptors (Lipinski definition) is 5. The summed E-state index contributed by atoms with van der Waals surface area (Å²) < 4.78 is 12.0. The van der Waals surface area contributed by atoms with Crippen LogP contribution in [-0.4, -0.2) is 41.6 Å². The summed E-state index contributed by atoms with van der Waals surface area (Å²) in [6, 6.07) is 0. The van der Waals surface area contributed by atoms with Gasteiger partial charge in [0.25, 0.3) is 0 Å². The molecule has 2 aliphatic carbocycles. The third kappa shape index (κ3) is 3.63. The van der Waals surface area contributed by atoms with Crippen LogP contribution in [0.2, 0.25) is 0 Å². The molecule has 1 unspecified atom stereocenters. The number of carbonyl (C=O) groups is 2. The van der Waals surface area contributed by atoms with Crippen molar-refractivity contribution in [2.75, 3.05) is 6.61 Å². The maximum atomic E-state index is 11.8. The summed E-state index contributed by atoms with van der Waals surface area (Å²) in [5.74, 6) is 0.539. The highest BCUT2D eigenvalue weighted by Crippen LogP contribution is 2.64. The monoisotopic (exact) mass is 414 g/mol. The van der Waals surface area contributed by atoms with E-state index in [-0.39, 0.29) is 29.8 Å². The van der Waals surface area contributed by atoms with Gasteiger partial charge in [-0.05, 0) is 42.1 Å². The first-order valence-corrected chi connectivity index (χ1v) is 10.8.